The van der Waals surface area contributed by atoms with Gasteiger partial charge in [0, 0.05) is 36.4 Å². The molecule has 1 spiro atoms. The molecule has 0 saturated carbocycles. The predicted octanol–water partition coefficient (Wildman–Crippen LogP) is 1.75. The first-order valence-corrected chi connectivity index (χ1v) is 9.29. The third-order valence-electron chi connectivity index (χ3n) is 5.63. The van der Waals surface area contributed by atoms with Crippen LogP contribution in [0.3, 0.4) is 0 Å². The minimum Gasteiger partial charge on any atom is -0.474 e. The lowest BCUT2D eigenvalue weighted by atomic mass is 9.84. The van der Waals surface area contributed by atoms with Crippen molar-refractivity contribution in [3.05, 3.63) is 41.3 Å². The van der Waals surface area contributed by atoms with Crippen molar-refractivity contribution < 1.29 is 14.3 Å². The van der Waals surface area contributed by atoms with Gasteiger partial charge in [0.05, 0.1) is 19.7 Å². The molecule has 0 bridgehead atoms. The molecule has 1 amide bonds. The first-order valence-electron chi connectivity index (χ1n) is 9.29. The molecule has 136 valence electrons. The molecule has 2 aromatic rings. The summed E-state index contributed by atoms with van der Waals surface area (Å²) < 4.78 is 12.0. The summed E-state index contributed by atoms with van der Waals surface area (Å²) in [4.78, 5) is 18.9. The van der Waals surface area contributed by atoms with Crippen LogP contribution in [0.15, 0.2) is 24.4 Å². The quantitative estimate of drug-likeness (QED) is 0.908. The molecule has 5 rings (SSSR count). The van der Waals surface area contributed by atoms with E-state index in [-0.39, 0.29) is 17.6 Å². The maximum atomic E-state index is 12.8. The average molecular weight is 354 g/mol. The number of aryl methyl sites for hydroxylation is 1. The molecular weight excluding hydrogens is 332 g/mol. The fourth-order valence-corrected chi connectivity index (χ4v) is 4.33. The molecule has 4 heterocycles. The van der Waals surface area contributed by atoms with E-state index in [9.17, 15) is 4.79 Å². The van der Waals surface area contributed by atoms with Crippen LogP contribution < -0.4 is 4.74 Å². The SMILES string of the molecule is O=C(c1n[nH]c2c1CCC2)N1CC2(C[C@H](Oc3ccccn3)CCO2)C1. The van der Waals surface area contributed by atoms with E-state index in [0.717, 1.165) is 43.4 Å². The Morgan fingerprint density at radius 2 is 2.27 bits per heavy atom. The molecule has 0 unspecified atom stereocenters. The van der Waals surface area contributed by atoms with E-state index in [4.69, 9.17) is 9.47 Å². The van der Waals surface area contributed by atoms with E-state index in [1.165, 1.54) is 0 Å². The van der Waals surface area contributed by atoms with Crippen molar-refractivity contribution >= 4 is 5.91 Å². The standard InChI is InChI=1S/C19H22N4O3/c24-18(17-14-4-3-5-15(14)21-22-17)23-11-19(12-23)10-13(7-9-25-19)26-16-6-1-2-8-20-16/h1-2,6,8,13H,3-5,7,9-12H2,(H,21,22)/t13-/m1/s1. The first-order chi connectivity index (χ1) is 12.7. The second-order valence-electron chi connectivity index (χ2n) is 7.48. The summed E-state index contributed by atoms with van der Waals surface area (Å²) in [5.41, 5.74) is 2.55. The molecule has 1 atom stereocenters. The minimum atomic E-state index is -0.285. The molecule has 1 aliphatic carbocycles. The van der Waals surface area contributed by atoms with E-state index < -0.39 is 0 Å². The lowest BCUT2D eigenvalue weighted by molar-refractivity contribution is -0.174. The van der Waals surface area contributed by atoms with Gasteiger partial charge in [0.15, 0.2) is 5.69 Å². The summed E-state index contributed by atoms with van der Waals surface area (Å²) in [5, 5.41) is 7.27. The Balaban J connectivity index is 1.23. The minimum absolute atomic E-state index is 0.0198. The summed E-state index contributed by atoms with van der Waals surface area (Å²) in [6, 6.07) is 5.67. The highest BCUT2D eigenvalue weighted by atomic mass is 16.5. The summed E-state index contributed by atoms with van der Waals surface area (Å²) in [6.45, 7) is 1.86. The third kappa shape index (κ3) is 2.67. The number of H-pyrrole nitrogens is 1. The Labute approximate surface area is 151 Å². The van der Waals surface area contributed by atoms with E-state index in [2.05, 4.69) is 15.2 Å². The van der Waals surface area contributed by atoms with Crippen molar-refractivity contribution in [3.8, 4) is 5.88 Å². The van der Waals surface area contributed by atoms with E-state index in [1.54, 1.807) is 6.20 Å². The number of ether oxygens (including phenoxy) is 2. The molecule has 0 radical (unpaired) electrons. The van der Waals surface area contributed by atoms with Crippen molar-refractivity contribution in [1.29, 1.82) is 0 Å². The van der Waals surface area contributed by atoms with Gasteiger partial charge in [-0.05, 0) is 25.3 Å². The van der Waals surface area contributed by atoms with Crippen LogP contribution in [0.5, 0.6) is 5.88 Å². The molecule has 2 saturated heterocycles. The summed E-state index contributed by atoms with van der Waals surface area (Å²) in [7, 11) is 0. The van der Waals surface area contributed by atoms with Gasteiger partial charge < -0.3 is 14.4 Å². The largest absolute Gasteiger partial charge is 0.474 e. The number of pyridine rings is 1. The first kappa shape index (κ1) is 15.8. The Hall–Kier alpha value is -2.41. The number of likely N-dealkylation sites (tertiary alicyclic amines) is 1. The van der Waals surface area contributed by atoms with Gasteiger partial charge in [-0.2, -0.15) is 5.10 Å². The lowest BCUT2D eigenvalue weighted by Gasteiger charge is -2.52. The number of nitrogens with one attached hydrogen (secondary N) is 1. The lowest BCUT2D eigenvalue weighted by Crippen LogP contribution is -2.67. The Kier molecular flexibility index (Phi) is 3.70. The van der Waals surface area contributed by atoms with E-state index in [0.29, 0.717) is 31.3 Å². The van der Waals surface area contributed by atoms with Gasteiger partial charge in [-0.25, -0.2) is 4.98 Å². The molecule has 3 aliphatic rings. The van der Waals surface area contributed by atoms with Crippen LogP contribution in [-0.2, 0) is 17.6 Å². The third-order valence-corrected chi connectivity index (χ3v) is 5.63. The van der Waals surface area contributed by atoms with E-state index >= 15 is 0 Å². The zero-order valence-corrected chi connectivity index (χ0v) is 14.6. The van der Waals surface area contributed by atoms with Crippen LogP contribution in [0, 0.1) is 0 Å². The van der Waals surface area contributed by atoms with Crippen LogP contribution in [0.25, 0.3) is 0 Å². The molecule has 7 nitrogen and oxygen atoms in total. The van der Waals surface area contributed by atoms with Gasteiger partial charge >= 0.3 is 0 Å². The number of nitrogens with zero attached hydrogens (tertiary/aromatic N) is 3. The van der Waals surface area contributed by atoms with Crippen LogP contribution in [0.1, 0.15) is 41.0 Å². The van der Waals surface area contributed by atoms with Gasteiger partial charge in [0.25, 0.3) is 5.91 Å². The molecule has 26 heavy (non-hydrogen) atoms. The topological polar surface area (TPSA) is 80.3 Å². The highest BCUT2D eigenvalue weighted by Crippen LogP contribution is 2.37. The van der Waals surface area contributed by atoms with Crippen molar-refractivity contribution in [3.63, 3.8) is 0 Å². The molecular formula is C19H22N4O3. The number of rotatable bonds is 3. The molecule has 2 fully saturated rings. The number of carbonyl (C=O) groups is 1. The normalized spacial score (nSPS) is 23.5. The molecule has 1 N–H and O–H groups in total. The fraction of sp³-hybridized carbons (Fsp3) is 0.526. The number of hydrogen-bond donors (Lipinski definition) is 1. The van der Waals surface area contributed by atoms with Gasteiger partial charge in [-0.3, -0.25) is 9.89 Å². The van der Waals surface area contributed by atoms with E-state index in [1.807, 2.05) is 23.1 Å². The zero-order valence-electron chi connectivity index (χ0n) is 14.6. The summed E-state index contributed by atoms with van der Waals surface area (Å²) in [6.07, 6.45) is 6.48. The van der Waals surface area contributed by atoms with Crippen molar-refractivity contribution in [2.75, 3.05) is 19.7 Å². The zero-order chi connectivity index (χ0) is 17.6. The number of aromatic nitrogens is 3. The van der Waals surface area contributed by atoms with Crippen molar-refractivity contribution in [2.24, 2.45) is 0 Å². The number of amides is 1. The second-order valence-corrected chi connectivity index (χ2v) is 7.48. The summed E-state index contributed by atoms with van der Waals surface area (Å²) >= 11 is 0. The van der Waals surface area contributed by atoms with Crippen LogP contribution in [0.2, 0.25) is 0 Å². The van der Waals surface area contributed by atoms with Gasteiger partial charge in [-0.15, -0.1) is 0 Å². The maximum Gasteiger partial charge on any atom is 0.274 e. The predicted molar refractivity (Wildman–Crippen MR) is 93.1 cm³/mol. The van der Waals surface area contributed by atoms with Gasteiger partial charge in [0.1, 0.15) is 11.7 Å². The molecule has 2 aliphatic heterocycles. The molecule has 0 aromatic carbocycles. The van der Waals surface area contributed by atoms with Crippen molar-refractivity contribution in [2.45, 2.75) is 43.8 Å². The Morgan fingerprint density at radius 3 is 3.12 bits per heavy atom. The van der Waals surface area contributed by atoms with Gasteiger partial charge in [-0.1, -0.05) is 6.07 Å². The second kappa shape index (κ2) is 6.09. The fourth-order valence-electron chi connectivity index (χ4n) is 4.33. The van der Waals surface area contributed by atoms with Crippen LogP contribution >= 0.6 is 0 Å². The number of fused-ring (bicyclic) bond motifs is 1. The summed E-state index contributed by atoms with van der Waals surface area (Å²) in [5.74, 6) is 0.667. The highest BCUT2D eigenvalue weighted by molar-refractivity contribution is 5.95. The molecule has 2 aromatic heterocycles. The number of hydrogen-bond acceptors (Lipinski definition) is 5. The number of carbonyl (C=O) groups excluding carboxylic acids is 1. The molecule has 7 heteroatoms. The van der Waals surface area contributed by atoms with Crippen LogP contribution in [0.4, 0.5) is 0 Å². The maximum absolute atomic E-state index is 12.8. The average Bonchev–Trinajstić information content (AvgIpc) is 3.24. The highest BCUT2D eigenvalue weighted by Gasteiger charge is 2.50. The monoisotopic (exact) mass is 354 g/mol. The van der Waals surface area contributed by atoms with Crippen LogP contribution in [-0.4, -0.2) is 57.4 Å². The number of aromatic amines is 1. The Bertz CT molecular complexity index is 813. The Morgan fingerprint density at radius 1 is 1.35 bits per heavy atom. The van der Waals surface area contributed by atoms with Gasteiger partial charge in [0.2, 0.25) is 5.88 Å². The smallest absolute Gasteiger partial charge is 0.274 e. The van der Waals surface area contributed by atoms with Crippen molar-refractivity contribution in [1.82, 2.24) is 20.1 Å².